The molecule has 2 aromatic heterocycles. The van der Waals surface area contributed by atoms with Gasteiger partial charge in [-0.05, 0) is 36.5 Å². The maximum atomic E-state index is 12.7. The molecular formula is C27H33ClN4O5S. The van der Waals surface area contributed by atoms with Crippen LogP contribution in [0.1, 0.15) is 45.3 Å². The van der Waals surface area contributed by atoms with Crippen molar-refractivity contribution in [1.82, 2.24) is 19.4 Å². The van der Waals surface area contributed by atoms with Gasteiger partial charge < -0.3 is 19.5 Å². The van der Waals surface area contributed by atoms with Crippen LogP contribution in [0.15, 0.2) is 35.3 Å². The number of carbonyl (C=O) groups is 1. The molecule has 11 heteroatoms. The Bertz CT molecular complexity index is 1380. The number of thiazole rings is 1. The Morgan fingerprint density at radius 3 is 2.58 bits per heavy atom. The zero-order chi connectivity index (χ0) is 27.0. The molecule has 1 N–H and O–H groups in total. The van der Waals surface area contributed by atoms with Crippen molar-refractivity contribution in [2.75, 3.05) is 32.8 Å². The van der Waals surface area contributed by atoms with E-state index in [0.717, 1.165) is 23.3 Å². The molecule has 0 spiro atoms. The van der Waals surface area contributed by atoms with Crippen LogP contribution >= 0.6 is 22.9 Å². The Morgan fingerprint density at radius 1 is 1.18 bits per heavy atom. The highest BCUT2D eigenvalue weighted by Crippen LogP contribution is 2.42. The first-order chi connectivity index (χ1) is 18.1. The van der Waals surface area contributed by atoms with Gasteiger partial charge in [-0.2, -0.15) is 0 Å². The van der Waals surface area contributed by atoms with E-state index >= 15 is 0 Å². The quantitative estimate of drug-likeness (QED) is 0.447. The summed E-state index contributed by atoms with van der Waals surface area (Å²) in [5.74, 6) is 1.19. The van der Waals surface area contributed by atoms with Crippen molar-refractivity contribution in [3.8, 4) is 11.5 Å². The lowest BCUT2D eigenvalue weighted by Gasteiger charge is -2.45. The molecule has 1 fully saturated rings. The van der Waals surface area contributed by atoms with Gasteiger partial charge in [-0.25, -0.2) is 4.79 Å². The molecule has 1 saturated heterocycles. The van der Waals surface area contributed by atoms with E-state index in [9.17, 15) is 14.7 Å². The number of hydrogen-bond acceptors (Lipinski definition) is 7. The van der Waals surface area contributed by atoms with E-state index in [-0.39, 0.29) is 10.9 Å². The highest BCUT2D eigenvalue weighted by atomic mass is 35.5. The molecule has 1 atom stereocenters. The van der Waals surface area contributed by atoms with Crippen LogP contribution in [0.3, 0.4) is 0 Å². The average Bonchev–Trinajstić information content (AvgIpc) is 3.19. The van der Waals surface area contributed by atoms with Crippen LogP contribution in [0.2, 0.25) is 5.02 Å². The highest BCUT2D eigenvalue weighted by molar-refractivity contribution is 7.16. The summed E-state index contributed by atoms with van der Waals surface area (Å²) in [6.45, 7) is 9.82. The number of amides is 1. The van der Waals surface area contributed by atoms with Gasteiger partial charge >= 0.3 is 11.0 Å². The fraction of sp³-hybridized carbons (Fsp3) is 0.519. The lowest BCUT2D eigenvalue weighted by atomic mass is 9.82. The molecule has 0 saturated carbocycles. The summed E-state index contributed by atoms with van der Waals surface area (Å²) in [7, 11) is 0. The van der Waals surface area contributed by atoms with Crippen LogP contribution in [0.5, 0.6) is 11.5 Å². The van der Waals surface area contributed by atoms with Gasteiger partial charge in [0.1, 0.15) is 13.2 Å². The van der Waals surface area contributed by atoms with Gasteiger partial charge in [0.15, 0.2) is 11.5 Å². The van der Waals surface area contributed by atoms with E-state index in [1.54, 1.807) is 21.7 Å². The number of fused-ring (bicyclic) bond motifs is 2. The normalized spacial score (nSPS) is 17.5. The molecule has 1 amide bonds. The largest absolute Gasteiger partial charge is 0.486 e. The molecule has 0 aliphatic carbocycles. The minimum absolute atomic E-state index is 0.00848. The highest BCUT2D eigenvalue weighted by Gasteiger charge is 2.41. The van der Waals surface area contributed by atoms with Crippen LogP contribution in [-0.4, -0.2) is 69.4 Å². The number of likely N-dealkylation sites (tertiary alicyclic amines) is 1. The van der Waals surface area contributed by atoms with Crippen molar-refractivity contribution < 1.29 is 19.4 Å². The smallest absolute Gasteiger partial charge is 0.408 e. The first kappa shape index (κ1) is 26.8. The predicted octanol–water partition coefficient (Wildman–Crippen LogP) is 5.11. The average molecular weight is 561 g/mol. The van der Waals surface area contributed by atoms with Crippen molar-refractivity contribution in [3.63, 3.8) is 0 Å². The molecule has 2 aliphatic heterocycles. The number of piperidine rings is 1. The SMILES string of the molecule is CC(C)(C)C(c1cc2c(cn1)OCCO2)N(C(=O)O)C1CCN(CCn2c(=O)sc3ccc(Cl)cc32)CC1. The minimum Gasteiger partial charge on any atom is -0.486 e. The molecule has 1 unspecified atom stereocenters. The molecule has 204 valence electrons. The summed E-state index contributed by atoms with van der Waals surface area (Å²) in [5, 5.41) is 11.0. The zero-order valence-electron chi connectivity index (χ0n) is 21.9. The summed E-state index contributed by atoms with van der Waals surface area (Å²) >= 11 is 7.39. The van der Waals surface area contributed by atoms with Crippen molar-refractivity contribution in [1.29, 1.82) is 0 Å². The number of aromatic nitrogens is 2. The predicted molar refractivity (Wildman–Crippen MR) is 148 cm³/mol. The zero-order valence-corrected chi connectivity index (χ0v) is 23.4. The number of ether oxygens (including phenoxy) is 2. The molecule has 3 aromatic rings. The summed E-state index contributed by atoms with van der Waals surface area (Å²) in [5.41, 5.74) is 1.13. The first-order valence-corrected chi connectivity index (χ1v) is 14.1. The summed E-state index contributed by atoms with van der Waals surface area (Å²) in [6.07, 6.45) is 2.09. The number of rotatable bonds is 6. The number of hydrogen-bond donors (Lipinski definition) is 1. The molecule has 0 radical (unpaired) electrons. The second-order valence-corrected chi connectivity index (χ2v) is 12.3. The van der Waals surface area contributed by atoms with Gasteiger partial charge in [-0.3, -0.25) is 19.2 Å². The molecule has 5 rings (SSSR count). The number of pyridine rings is 1. The van der Waals surface area contributed by atoms with Crippen LogP contribution in [0.25, 0.3) is 10.2 Å². The fourth-order valence-corrected chi connectivity index (χ4v) is 6.57. The summed E-state index contributed by atoms with van der Waals surface area (Å²) in [4.78, 5) is 33.7. The lowest BCUT2D eigenvalue weighted by molar-refractivity contribution is 0.0274. The number of halogens is 1. The van der Waals surface area contributed by atoms with Crippen LogP contribution in [-0.2, 0) is 6.54 Å². The van der Waals surface area contributed by atoms with Gasteiger partial charge in [0.25, 0.3) is 0 Å². The number of nitrogens with zero attached hydrogens (tertiary/aromatic N) is 4. The van der Waals surface area contributed by atoms with E-state index in [1.807, 2.05) is 39.0 Å². The van der Waals surface area contributed by atoms with Crippen LogP contribution in [0, 0.1) is 5.41 Å². The molecule has 9 nitrogen and oxygen atoms in total. The Hall–Kier alpha value is -2.82. The number of benzene rings is 1. The third-order valence-corrected chi connectivity index (χ3v) is 8.47. The Kier molecular flexibility index (Phi) is 7.57. The second kappa shape index (κ2) is 10.7. The van der Waals surface area contributed by atoms with Crippen molar-refractivity contribution in [3.05, 3.63) is 50.8 Å². The molecular weight excluding hydrogens is 528 g/mol. The monoisotopic (exact) mass is 560 g/mol. The standard InChI is InChI=1S/C27H33ClN4O5S/c1-27(2,3)24(19-15-21-22(16-29-19)37-13-12-36-21)32(25(33)34)18-6-8-30(9-7-18)10-11-31-20-14-17(28)4-5-23(20)38-26(31)35/h4-5,14-16,18,24H,6-13H2,1-3H3,(H,33,34). The van der Waals surface area contributed by atoms with Crippen molar-refractivity contribution >= 4 is 39.2 Å². The first-order valence-electron chi connectivity index (χ1n) is 12.9. The molecule has 1 aromatic carbocycles. The fourth-order valence-electron chi connectivity index (χ4n) is 5.50. The molecule has 4 heterocycles. The topological polar surface area (TPSA) is 97.1 Å². The number of carboxylic acid groups (broad SMARTS) is 1. The van der Waals surface area contributed by atoms with E-state index in [1.165, 1.54) is 11.3 Å². The Labute approximate surface area is 230 Å². The Morgan fingerprint density at radius 2 is 1.89 bits per heavy atom. The van der Waals surface area contributed by atoms with E-state index in [2.05, 4.69) is 9.88 Å². The van der Waals surface area contributed by atoms with Gasteiger partial charge in [0.05, 0.1) is 28.1 Å². The Balaban J connectivity index is 1.30. The van der Waals surface area contributed by atoms with Crippen LogP contribution in [0.4, 0.5) is 4.79 Å². The van der Waals surface area contributed by atoms with E-state index in [4.69, 9.17) is 21.1 Å². The van der Waals surface area contributed by atoms with Gasteiger partial charge in [0, 0.05) is 43.3 Å². The van der Waals surface area contributed by atoms with Gasteiger partial charge in [-0.1, -0.05) is 43.7 Å². The third kappa shape index (κ3) is 5.48. The molecule has 38 heavy (non-hydrogen) atoms. The van der Waals surface area contributed by atoms with Gasteiger partial charge in [0.2, 0.25) is 0 Å². The maximum absolute atomic E-state index is 12.7. The van der Waals surface area contributed by atoms with Crippen molar-refractivity contribution in [2.24, 2.45) is 5.41 Å². The second-order valence-electron chi connectivity index (χ2n) is 10.9. The van der Waals surface area contributed by atoms with E-state index < -0.39 is 17.6 Å². The van der Waals surface area contributed by atoms with Crippen molar-refractivity contribution in [2.45, 2.75) is 52.2 Å². The van der Waals surface area contributed by atoms with Crippen LogP contribution < -0.4 is 14.3 Å². The summed E-state index contributed by atoms with van der Waals surface area (Å²) in [6, 6.07) is 6.75. The summed E-state index contributed by atoms with van der Waals surface area (Å²) < 4.78 is 14.1. The third-order valence-electron chi connectivity index (χ3n) is 7.27. The van der Waals surface area contributed by atoms with Gasteiger partial charge in [-0.15, -0.1) is 0 Å². The van der Waals surface area contributed by atoms with E-state index in [0.29, 0.717) is 61.4 Å². The minimum atomic E-state index is -0.951. The maximum Gasteiger partial charge on any atom is 0.408 e. The lowest BCUT2D eigenvalue weighted by Crippen LogP contribution is -2.51. The molecule has 0 bridgehead atoms. The molecule has 2 aliphatic rings.